The Morgan fingerprint density at radius 2 is 2.25 bits per heavy atom. The van der Waals surface area contributed by atoms with Gasteiger partial charge in [-0.2, -0.15) is 0 Å². The predicted octanol–water partition coefficient (Wildman–Crippen LogP) is -0.0123. The van der Waals surface area contributed by atoms with Crippen LogP contribution in [0.2, 0.25) is 0 Å². The smallest absolute Gasteiger partial charge is 0.146 e. The molecular formula is C5H12O3. The largest absolute Gasteiger partial charge is 0.391 e. The number of hydrogen-bond acceptors (Lipinski definition) is 3. The van der Waals surface area contributed by atoms with Crippen LogP contribution in [0.4, 0.5) is 0 Å². The molecule has 0 amide bonds. The van der Waals surface area contributed by atoms with Crippen molar-refractivity contribution in [2.45, 2.75) is 13.0 Å². The van der Waals surface area contributed by atoms with E-state index in [0.717, 1.165) is 0 Å². The molecule has 0 aromatic heterocycles. The highest BCUT2D eigenvalue weighted by Crippen LogP contribution is 1.80. The fraction of sp³-hybridized carbons (Fsp3) is 1.00. The highest BCUT2D eigenvalue weighted by molar-refractivity contribution is 4.37. The minimum Gasteiger partial charge on any atom is -0.391 e. The summed E-state index contributed by atoms with van der Waals surface area (Å²) in [4.78, 5) is 0. The zero-order valence-corrected chi connectivity index (χ0v) is 5.26. The SMILES string of the molecule is COCOC[C@H](C)O. The van der Waals surface area contributed by atoms with Crippen LogP contribution in [-0.2, 0) is 9.47 Å². The third-order valence-corrected chi connectivity index (χ3v) is 0.560. The normalized spacial score (nSPS) is 13.9. The van der Waals surface area contributed by atoms with Crippen LogP contribution in [0.5, 0.6) is 0 Å². The van der Waals surface area contributed by atoms with Crippen molar-refractivity contribution < 1.29 is 14.6 Å². The monoisotopic (exact) mass is 120 g/mol. The lowest BCUT2D eigenvalue weighted by atomic mass is 10.5. The van der Waals surface area contributed by atoms with Crippen molar-refractivity contribution in [2.24, 2.45) is 0 Å². The average Bonchev–Trinajstić information content (AvgIpc) is 1.66. The Hall–Kier alpha value is -0.120. The van der Waals surface area contributed by atoms with Crippen LogP contribution in [0, 0.1) is 0 Å². The fourth-order valence-corrected chi connectivity index (χ4v) is 0.302. The van der Waals surface area contributed by atoms with Crippen LogP contribution in [0.15, 0.2) is 0 Å². The molecule has 1 atom stereocenters. The van der Waals surface area contributed by atoms with Crippen LogP contribution in [0.25, 0.3) is 0 Å². The topological polar surface area (TPSA) is 38.7 Å². The Morgan fingerprint density at radius 1 is 1.62 bits per heavy atom. The molecule has 0 bridgehead atoms. The first kappa shape index (κ1) is 7.88. The lowest BCUT2D eigenvalue weighted by Crippen LogP contribution is -2.11. The van der Waals surface area contributed by atoms with Crippen LogP contribution in [0.1, 0.15) is 6.92 Å². The van der Waals surface area contributed by atoms with Gasteiger partial charge in [-0.05, 0) is 6.92 Å². The van der Waals surface area contributed by atoms with Crippen molar-refractivity contribution in [3.05, 3.63) is 0 Å². The van der Waals surface area contributed by atoms with Gasteiger partial charge in [-0.25, -0.2) is 0 Å². The Balaban J connectivity index is 2.72. The third kappa shape index (κ3) is 5.88. The quantitative estimate of drug-likeness (QED) is 0.419. The van der Waals surface area contributed by atoms with Crippen molar-refractivity contribution in [3.63, 3.8) is 0 Å². The molecule has 0 fully saturated rings. The fourth-order valence-electron chi connectivity index (χ4n) is 0.302. The van der Waals surface area contributed by atoms with Crippen molar-refractivity contribution in [1.29, 1.82) is 0 Å². The molecule has 0 saturated heterocycles. The molecule has 50 valence electrons. The Kier molecular flexibility index (Phi) is 4.95. The van der Waals surface area contributed by atoms with Crippen LogP contribution >= 0.6 is 0 Å². The molecule has 3 heteroatoms. The number of ether oxygens (including phenoxy) is 2. The summed E-state index contributed by atoms with van der Waals surface area (Å²) in [5, 5.41) is 8.60. The van der Waals surface area contributed by atoms with Crippen LogP contribution in [-0.4, -0.2) is 31.7 Å². The second kappa shape index (κ2) is 5.03. The summed E-state index contributed by atoms with van der Waals surface area (Å²) in [6.45, 7) is 2.26. The molecular weight excluding hydrogens is 108 g/mol. The molecule has 0 aliphatic heterocycles. The van der Waals surface area contributed by atoms with Gasteiger partial charge in [0.25, 0.3) is 0 Å². The molecule has 0 spiro atoms. The summed E-state index contributed by atoms with van der Waals surface area (Å²) >= 11 is 0. The molecule has 3 nitrogen and oxygen atoms in total. The Morgan fingerprint density at radius 3 is 2.62 bits per heavy atom. The number of hydrogen-bond donors (Lipinski definition) is 1. The maximum absolute atomic E-state index is 8.60. The third-order valence-electron chi connectivity index (χ3n) is 0.560. The van der Waals surface area contributed by atoms with Gasteiger partial charge in [-0.1, -0.05) is 0 Å². The summed E-state index contributed by atoms with van der Waals surface area (Å²) in [5.41, 5.74) is 0. The minimum absolute atomic E-state index is 0.255. The van der Waals surface area contributed by atoms with E-state index in [1.54, 1.807) is 14.0 Å². The van der Waals surface area contributed by atoms with E-state index in [-0.39, 0.29) is 6.79 Å². The van der Waals surface area contributed by atoms with Crippen molar-refractivity contribution in [2.75, 3.05) is 20.5 Å². The number of aliphatic hydroxyl groups is 1. The van der Waals surface area contributed by atoms with Gasteiger partial charge < -0.3 is 14.6 Å². The summed E-state index contributed by atoms with van der Waals surface area (Å²) < 4.78 is 9.33. The molecule has 1 N–H and O–H groups in total. The molecule has 0 aromatic carbocycles. The first-order chi connectivity index (χ1) is 3.77. The Bertz CT molecular complexity index is 44.9. The number of aliphatic hydroxyl groups excluding tert-OH is 1. The molecule has 0 aromatic rings. The van der Waals surface area contributed by atoms with Gasteiger partial charge in [-0.3, -0.25) is 0 Å². The zero-order chi connectivity index (χ0) is 6.41. The lowest BCUT2D eigenvalue weighted by molar-refractivity contribution is -0.0577. The molecule has 0 saturated carbocycles. The van der Waals surface area contributed by atoms with Crippen molar-refractivity contribution in [3.8, 4) is 0 Å². The second-order valence-corrected chi connectivity index (χ2v) is 1.63. The van der Waals surface area contributed by atoms with Gasteiger partial charge in [0, 0.05) is 7.11 Å². The van der Waals surface area contributed by atoms with Crippen molar-refractivity contribution in [1.82, 2.24) is 0 Å². The lowest BCUT2D eigenvalue weighted by Gasteiger charge is -2.03. The second-order valence-electron chi connectivity index (χ2n) is 1.63. The van der Waals surface area contributed by atoms with E-state index in [4.69, 9.17) is 9.84 Å². The van der Waals surface area contributed by atoms with Gasteiger partial charge in [0.15, 0.2) is 0 Å². The molecule has 0 radical (unpaired) electrons. The van der Waals surface area contributed by atoms with E-state index in [9.17, 15) is 0 Å². The van der Waals surface area contributed by atoms with Crippen LogP contribution < -0.4 is 0 Å². The minimum atomic E-state index is -0.398. The molecule has 0 aliphatic rings. The number of rotatable bonds is 4. The molecule has 0 aliphatic carbocycles. The van der Waals surface area contributed by atoms with E-state index in [2.05, 4.69) is 4.74 Å². The summed E-state index contributed by atoms with van der Waals surface area (Å²) in [5.74, 6) is 0. The first-order valence-electron chi connectivity index (χ1n) is 2.52. The van der Waals surface area contributed by atoms with Crippen LogP contribution in [0.3, 0.4) is 0 Å². The van der Waals surface area contributed by atoms with E-state index in [1.165, 1.54) is 0 Å². The van der Waals surface area contributed by atoms with Crippen molar-refractivity contribution >= 4 is 0 Å². The maximum Gasteiger partial charge on any atom is 0.146 e. The van der Waals surface area contributed by atoms with E-state index in [0.29, 0.717) is 6.61 Å². The molecule has 0 heterocycles. The number of methoxy groups -OCH3 is 1. The van der Waals surface area contributed by atoms with Gasteiger partial charge in [0.1, 0.15) is 6.79 Å². The van der Waals surface area contributed by atoms with Gasteiger partial charge >= 0.3 is 0 Å². The predicted molar refractivity (Wildman–Crippen MR) is 29.5 cm³/mol. The zero-order valence-electron chi connectivity index (χ0n) is 5.26. The maximum atomic E-state index is 8.60. The van der Waals surface area contributed by atoms with E-state index >= 15 is 0 Å². The Labute approximate surface area is 49.2 Å². The van der Waals surface area contributed by atoms with Gasteiger partial charge in [-0.15, -0.1) is 0 Å². The summed E-state index contributed by atoms with van der Waals surface area (Å²) in [6, 6.07) is 0. The highest BCUT2D eigenvalue weighted by atomic mass is 16.7. The first-order valence-corrected chi connectivity index (χ1v) is 2.52. The van der Waals surface area contributed by atoms with E-state index in [1.807, 2.05) is 0 Å². The standard InChI is InChI=1S/C5H12O3/c1-5(6)3-8-4-7-2/h5-6H,3-4H2,1-2H3/t5-/m0/s1. The highest BCUT2D eigenvalue weighted by Gasteiger charge is 1.91. The van der Waals surface area contributed by atoms with E-state index < -0.39 is 6.10 Å². The molecule has 0 rings (SSSR count). The van der Waals surface area contributed by atoms with Gasteiger partial charge in [0.2, 0.25) is 0 Å². The average molecular weight is 120 g/mol. The van der Waals surface area contributed by atoms with Gasteiger partial charge in [0.05, 0.1) is 12.7 Å². The molecule has 0 unspecified atom stereocenters. The summed E-state index contributed by atoms with van der Waals surface area (Å²) in [6.07, 6.45) is -0.398. The summed E-state index contributed by atoms with van der Waals surface area (Å²) in [7, 11) is 1.54. The molecule has 8 heavy (non-hydrogen) atoms.